The minimum Gasteiger partial charge on any atom is -0.477 e. The van der Waals surface area contributed by atoms with Gasteiger partial charge in [-0.25, -0.2) is 19.4 Å². The highest BCUT2D eigenvalue weighted by Crippen LogP contribution is 2.16. The van der Waals surface area contributed by atoms with Crippen LogP contribution >= 0.6 is 0 Å². The molecular formula is C21H25N5O6. The SMILES string of the molecule is COC(=O)c1cc(C(=O)O)nc2cnnn12.Cc1cc(CN)ccc1C(=O)OC(C)(C)C. The van der Waals surface area contributed by atoms with Crippen LogP contribution in [0.5, 0.6) is 0 Å². The molecule has 0 aliphatic rings. The number of aromatic nitrogens is 4. The van der Waals surface area contributed by atoms with E-state index in [2.05, 4.69) is 20.0 Å². The van der Waals surface area contributed by atoms with Crippen LogP contribution in [0.4, 0.5) is 0 Å². The quantitative estimate of drug-likeness (QED) is 0.571. The van der Waals surface area contributed by atoms with Gasteiger partial charge in [0.05, 0.1) is 18.9 Å². The minimum atomic E-state index is -1.24. The van der Waals surface area contributed by atoms with Crippen LogP contribution in [0.1, 0.15) is 63.2 Å². The molecule has 11 heteroatoms. The summed E-state index contributed by atoms with van der Waals surface area (Å²) in [5.74, 6) is -2.23. The summed E-state index contributed by atoms with van der Waals surface area (Å²) in [4.78, 5) is 37.7. The standard InChI is InChI=1S/C13H19NO2.C8H6N4O4/c1-9-7-10(8-14)5-6-11(9)12(15)16-13(2,3)4;1-16-8(15)5-2-4(7(13)14)10-6-3-9-11-12(5)6/h5-7H,8,14H2,1-4H3;2-3H,1H3,(H,13,14). The number of rotatable bonds is 4. The molecule has 0 fully saturated rings. The van der Waals surface area contributed by atoms with Crippen molar-refractivity contribution in [1.82, 2.24) is 19.8 Å². The maximum absolute atomic E-state index is 11.8. The van der Waals surface area contributed by atoms with Gasteiger partial charge in [-0.1, -0.05) is 17.3 Å². The summed E-state index contributed by atoms with van der Waals surface area (Å²) in [5.41, 5.74) is 7.45. The molecule has 32 heavy (non-hydrogen) atoms. The Kier molecular flexibility index (Phi) is 7.60. The Morgan fingerprint density at radius 1 is 1.16 bits per heavy atom. The number of aromatic carboxylic acids is 1. The molecule has 0 aliphatic heterocycles. The van der Waals surface area contributed by atoms with E-state index in [1.807, 2.05) is 39.8 Å². The molecule has 0 saturated heterocycles. The first kappa shape index (κ1) is 24.4. The number of methoxy groups -OCH3 is 1. The second-order valence-electron chi connectivity index (χ2n) is 7.68. The first-order chi connectivity index (χ1) is 15.0. The number of ether oxygens (including phenoxy) is 2. The Balaban J connectivity index is 0.000000227. The zero-order valence-electron chi connectivity index (χ0n) is 18.4. The molecule has 0 radical (unpaired) electrons. The molecule has 0 spiro atoms. The fraction of sp³-hybridized carbons (Fsp3) is 0.333. The molecule has 0 saturated carbocycles. The molecular weight excluding hydrogens is 418 g/mol. The molecule has 3 N–H and O–H groups in total. The lowest BCUT2D eigenvalue weighted by molar-refractivity contribution is 0.00683. The van der Waals surface area contributed by atoms with Crippen molar-refractivity contribution in [3.63, 3.8) is 0 Å². The van der Waals surface area contributed by atoms with Gasteiger partial charge in [-0.2, -0.15) is 4.52 Å². The van der Waals surface area contributed by atoms with Gasteiger partial charge >= 0.3 is 17.9 Å². The van der Waals surface area contributed by atoms with E-state index in [1.54, 1.807) is 6.07 Å². The maximum Gasteiger partial charge on any atom is 0.356 e. The van der Waals surface area contributed by atoms with Crippen LogP contribution in [-0.4, -0.2) is 55.5 Å². The molecule has 0 amide bonds. The summed E-state index contributed by atoms with van der Waals surface area (Å²) in [7, 11) is 1.19. The second kappa shape index (κ2) is 9.96. The molecule has 3 rings (SSSR count). The number of nitrogens with zero attached hydrogens (tertiary/aromatic N) is 4. The maximum atomic E-state index is 11.8. The van der Waals surface area contributed by atoms with Gasteiger partial charge in [-0.15, -0.1) is 5.10 Å². The number of carboxylic acids is 1. The molecule has 1 aromatic carbocycles. The van der Waals surface area contributed by atoms with Crippen LogP contribution in [0, 0.1) is 6.92 Å². The van der Waals surface area contributed by atoms with Crippen LogP contribution in [0.2, 0.25) is 0 Å². The van der Waals surface area contributed by atoms with Crippen LogP contribution in [0.15, 0.2) is 30.5 Å². The van der Waals surface area contributed by atoms with Crippen molar-refractivity contribution in [2.45, 2.75) is 39.8 Å². The number of fused-ring (bicyclic) bond motifs is 1. The van der Waals surface area contributed by atoms with E-state index in [0.717, 1.165) is 21.7 Å². The Labute approximate surface area is 184 Å². The number of hydrogen-bond donors (Lipinski definition) is 2. The molecule has 170 valence electrons. The van der Waals surface area contributed by atoms with Gasteiger partial charge in [0.1, 0.15) is 5.60 Å². The van der Waals surface area contributed by atoms with Gasteiger partial charge in [-0.05, 0) is 44.9 Å². The smallest absolute Gasteiger partial charge is 0.356 e. The number of carboxylic acid groups (broad SMARTS) is 1. The molecule has 0 aliphatic carbocycles. The average Bonchev–Trinajstić information content (AvgIpc) is 3.20. The highest BCUT2D eigenvalue weighted by Gasteiger charge is 2.19. The predicted molar refractivity (Wildman–Crippen MR) is 113 cm³/mol. The lowest BCUT2D eigenvalue weighted by atomic mass is 10.0. The van der Waals surface area contributed by atoms with Gasteiger partial charge in [-0.3, -0.25) is 0 Å². The second-order valence-corrected chi connectivity index (χ2v) is 7.68. The number of hydrogen-bond acceptors (Lipinski definition) is 9. The van der Waals surface area contributed by atoms with Crippen LogP contribution in [0.3, 0.4) is 0 Å². The van der Waals surface area contributed by atoms with Crippen molar-refractivity contribution >= 4 is 23.6 Å². The molecule has 2 heterocycles. The normalized spacial score (nSPS) is 10.8. The van der Waals surface area contributed by atoms with E-state index in [0.29, 0.717) is 12.1 Å². The van der Waals surface area contributed by atoms with Gasteiger partial charge in [0.25, 0.3) is 0 Å². The van der Waals surface area contributed by atoms with E-state index in [9.17, 15) is 14.4 Å². The van der Waals surface area contributed by atoms with Crippen molar-refractivity contribution in [3.05, 3.63) is 58.5 Å². The zero-order chi connectivity index (χ0) is 24.1. The Morgan fingerprint density at radius 2 is 1.84 bits per heavy atom. The first-order valence-electron chi connectivity index (χ1n) is 9.53. The Hall–Kier alpha value is -3.86. The minimum absolute atomic E-state index is 0.0394. The van der Waals surface area contributed by atoms with Crippen molar-refractivity contribution in [2.75, 3.05) is 7.11 Å². The molecule has 3 aromatic rings. The van der Waals surface area contributed by atoms with E-state index < -0.39 is 17.5 Å². The van der Waals surface area contributed by atoms with E-state index in [1.165, 1.54) is 13.3 Å². The average molecular weight is 443 g/mol. The van der Waals surface area contributed by atoms with E-state index >= 15 is 0 Å². The number of nitrogens with two attached hydrogens (primary N) is 1. The monoisotopic (exact) mass is 443 g/mol. The third-order valence-electron chi connectivity index (χ3n) is 4.03. The van der Waals surface area contributed by atoms with Crippen molar-refractivity contribution < 1.29 is 29.0 Å². The van der Waals surface area contributed by atoms with Crippen LogP contribution < -0.4 is 5.73 Å². The topological polar surface area (TPSA) is 159 Å². The fourth-order valence-corrected chi connectivity index (χ4v) is 2.60. The van der Waals surface area contributed by atoms with Crippen LogP contribution in [0.25, 0.3) is 5.65 Å². The molecule has 11 nitrogen and oxygen atoms in total. The zero-order valence-corrected chi connectivity index (χ0v) is 18.4. The van der Waals surface area contributed by atoms with E-state index in [-0.39, 0.29) is 23.0 Å². The summed E-state index contributed by atoms with van der Waals surface area (Å²) in [5, 5.41) is 15.9. The van der Waals surface area contributed by atoms with Crippen molar-refractivity contribution in [1.29, 1.82) is 0 Å². The molecule has 2 aromatic heterocycles. The van der Waals surface area contributed by atoms with Gasteiger partial charge in [0.2, 0.25) is 0 Å². The molecule has 0 unspecified atom stereocenters. The lowest BCUT2D eigenvalue weighted by Crippen LogP contribution is -2.24. The number of benzene rings is 1. The van der Waals surface area contributed by atoms with Crippen molar-refractivity contribution in [3.8, 4) is 0 Å². The summed E-state index contributed by atoms with van der Waals surface area (Å²) in [6.07, 6.45) is 1.25. The molecule has 0 atom stereocenters. The van der Waals surface area contributed by atoms with Gasteiger partial charge < -0.3 is 20.3 Å². The van der Waals surface area contributed by atoms with Gasteiger partial charge in [0.15, 0.2) is 17.0 Å². The summed E-state index contributed by atoms with van der Waals surface area (Å²) in [6, 6.07) is 6.62. The molecule has 0 bridgehead atoms. The highest BCUT2D eigenvalue weighted by atomic mass is 16.6. The first-order valence-corrected chi connectivity index (χ1v) is 9.53. The number of esters is 2. The predicted octanol–water partition coefficient (Wildman–Crippen LogP) is 2.02. The number of carbonyl (C=O) groups excluding carboxylic acids is 2. The highest BCUT2D eigenvalue weighted by molar-refractivity contribution is 5.93. The summed E-state index contributed by atoms with van der Waals surface area (Å²) in [6.45, 7) is 7.94. The van der Waals surface area contributed by atoms with Crippen LogP contribution in [-0.2, 0) is 16.0 Å². The Morgan fingerprint density at radius 3 is 2.38 bits per heavy atom. The van der Waals surface area contributed by atoms with Crippen molar-refractivity contribution in [2.24, 2.45) is 5.73 Å². The summed E-state index contributed by atoms with van der Waals surface area (Å²) < 4.78 is 10.9. The third-order valence-corrected chi connectivity index (χ3v) is 4.03. The Bertz CT molecular complexity index is 1150. The largest absolute Gasteiger partial charge is 0.477 e. The third kappa shape index (κ3) is 6.08. The van der Waals surface area contributed by atoms with E-state index in [4.69, 9.17) is 15.6 Å². The summed E-state index contributed by atoms with van der Waals surface area (Å²) >= 11 is 0. The number of aryl methyl sites for hydroxylation is 1. The lowest BCUT2D eigenvalue weighted by Gasteiger charge is -2.20. The van der Waals surface area contributed by atoms with Gasteiger partial charge in [0, 0.05) is 12.6 Å². The fourth-order valence-electron chi connectivity index (χ4n) is 2.60. The number of carbonyl (C=O) groups is 3.